The van der Waals surface area contributed by atoms with Crippen LogP contribution in [0.2, 0.25) is 0 Å². The molecule has 3 aromatic rings. The topological polar surface area (TPSA) is 54.0 Å². The van der Waals surface area contributed by atoms with Gasteiger partial charge in [0.2, 0.25) is 0 Å². The lowest BCUT2D eigenvalue weighted by Crippen LogP contribution is -2.53. The Morgan fingerprint density at radius 2 is 1.61 bits per heavy atom. The zero-order chi connectivity index (χ0) is 22.9. The van der Waals surface area contributed by atoms with Gasteiger partial charge in [-0.3, -0.25) is 10.2 Å². The lowest BCUT2D eigenvalue weighted by atomic mass is 10.2. The first kappa shape index (κ1) is 22.4. The summed E-state index contributed by atoms with van der Waals surface area (Å²) in [5.74, 6) is 1.15. The molecule has 1 N–H and O–H groups in total. The molecule has 1 aliphatic heterocycles. The normalized spacial score (nSPS) is 14.3. The molecule has 4 rings (SSSR count). The first-order valence-corrected chi connectivity index (χ1v) is 11.1. The van der Waals surface area contributed by atoms with Crippen molar-refractivity contribution >= 4 is 17.7 Å². The van der Waals surface area contributed by atoms with Crippen LogP contribution in [0.15, 0.2) is 84.9 Å². The number of hydrogen-bond donors (Lipinski definition) is 1. The summed E-state index contributed by atoms with van der Waals surface area (Å²) in [6.45, 7) is 3.75. The van der Waals surface area contributed by atoms with Crippen LogP contribution in [0, 0.1) is 0 Å². The number of nitrogens with zero attached hydrogens (tertiary/aromatic N) is 2. The fourth-order valence-electron chi connectivity index (χ4n) is 3.72. The van der Waals surface area contributed by atoms with Gasteiger partial charge in [0.1, 0.15) is 6.61 Å². The second-order valence-corrected chi connectivity index (χ2v) is 7.80. The largest absolute Gasteiger partial charge is 0.493 e. The third-order valence-electron chi connectivity index (χ3n) is 5.52. The molecule has 1 aliphatic rings. The van der Waals surface area contributed by atoms with Crippen LogP contribution in [-0.2, 0) is 11.4 Å². The number of benzene rings is 3. The number of piperazine rings is 1. The second kappa shape index (κ2) is 11.2. The molecule has 33 heavy (non-hydrogen) atoms. The van der Waals surface area contributed by atoms with Gasteiger partial charge in [-0.25, -0.2) is 5.01 Å². The molecule has 0 aromatic heterocycles. The van der Waals surface area contributed by atoms with E-state index in [1.807, 2.05) is 71.7 Å². The summed E-state index contributed by atoms with van der Waals surface area (Å²) >= 11 is 0. The molecule has 6 nitrogen and oxygen atoms in total. The molecule has 1 amide bonds. The van der Waals surface area contributed by atoms with E-state index < -0.39 is 0 Å². The van der Waals surface area contributed by atoms with E-state index >= 15 is 0 Å². The van der Waals surface area contributed by atoms with Gasteiger partial charge in [0.25, 0.3) is 5.91 Å². The van der Waals surface area contributed by atoms with Gasteiger partial charge < -0.3 is 14.4 Å². The molecule has 1 fully saturated rings. The molecule has 3 aromatic carbocycles. The maximum Gasteiger partial charge on any atom is 0.258 e. The Balaban J connectivity index is 1.28. The second-order valence-electron chi connectivity index (χ2n) is 7.80. The van der Waals surface area contributed by atoms with E-state index in [0.29, 0.717) is 18.1 Å². The molecule has 0 atom stereocenters. The first-order chi connectivity index (χ1) is 16.2. The highest BCUT2D eigenvalue weighted by atomic mass is 16.5. The van der Waals surface area contributed by atoms with E-state index in [0.717, 1.165) is 37.3 Å². The standard InChI is InChI=1S/C27H29N3O3/c1-32-26-20-22(12-14-25(26)33-21-23-8-4-2-5-9-23)13-15-27(31)28-30-18-16-29(17-19-30)24-10-6-3-7-11-24/h2-15,20H,16-19,21H2,1H3,(H,28,31)/b15-13+. The number of anilines is 1. The Bertz CT molecular complexity index is 1060. The minimum absolute atomic E-state index is 0.147. The van der Waals surface area contributed by atoms with Crippen LogP contribution >= 0.6 is 0 Å². The summed E-state index contributed by atoms with van der Waals surface area (Å²) in [5.41, 5.74) is 6.13. The Morgan fingerprint density at radius 3 is 2.30 bits per heavy atom. The summed E-state index contributed by atoms with van der Waals surface area (Å²) in [4.78, 5) is 14.7. The number of carbonyl (C=O) groups is 1. The van der Waals surface area contributed by atoms with Gasteiger partial charge in [-0.05, 0) is 41.5 Å². The lowest BCUT2D eigenvalue weighted by Gasteiger charge is -2.35. The van der Waals surface area contributed by atoms with Crippen LogP contribution in [0.3, 0.4) is 0 Å². The van der Waals surface area contributed by atoms with Gasteiger partial charge in [0.15, 0.2) is 11.5 Å². The number of hydrazine groups is 1. The predicted molar refractivity (Wildman–Crippen MR) is 131 cm³/mol. The highest BCUT2D eigenvalue weighted by Crippen LogP contribution is 2.29. The van der Waals surface area contributed by atoms with Gasteiger partial charge in [-0.1, -0.05) is 54.6 Å². The van der Waals surface area contributed by atoms with Crippen LogP contribution in [0.25, 0.3) is 6.08 Å². The Morgan fingerprint density at radius 1 is 0.909 bits per heavy atom. The molecule has 0 spiro atoms. The van der Waals surface area contributed by atoms with Crippen molar-refractivity contribution in [1.29, 1.82) is 0 Å². The predicted octanol–water partition coefficient (Wildman–Crippen LogP) is 4.14. The van der Waals surface area contributed by atoms with Crippen LogP contribution in [0.1, 0.15) is 11.1 Å². The van der Waals surface area contributed by atoms with Crippen molar-refractivity contribution in [2.24, 2.45) is 0 Å². The summed E-state index contributed by atoms with van der Waals surface area (Å²) < 4.78 is 11.4. The number of para-hydroxylation sites is 1. The molecular formula is C27H29N3O3. The van der Waals surface area contributed by atoms with Gasteiger partial charge in [0.05, 0.1) is 7.11 Å². The molecule has 0 saturated carbocycles. The van der Waals surface area contributed by atoms with Crippen molar-refractivity contribution < 1.29 is 14.3 Å². The third kappa shape index (κ3) is 6.37. The SMILES string of the molecule is COc1cc(/C=C/C(=O)NN2CCN(c3ccccc3)CC2)ccc1OCc1ccccc1. The Labute approximate surface area is 195 Å². The summed E-state index contributed by atoms with van der Waals surface area (Å²) in [7, 11) is 1.61. The highest BCUT2D eigenvalue weighted by molar-refractivity contribution is 5.91. The molecule has 0 radical (unpaired) electrons. The van der Waals surface area contributed by atoms with Gasteiger partial charge in [-0.15, -0.1) is 0 Å². The van der Waals surface area contributed by atoms with Crippen LogP contribution in [0.5, 0.6) is 11.5 Å². The zero-order valence-corrected chi connectivity index (χ0v) is 18.8. The lowest BCUT2D eigenvalue weighted by molar-refractivity contribution is -0.121. The average molecular weight is 444 g/mol. The van der Waals surface area contributed by atoms with Crippen LogP contribution in [-0.4, -0.2) is 44.2 Å². The number of hydrogen-bond acceptors (Lipinski definition) is 5. The molecule has 6 heteroatoms. The van der Waals surface area contributed by atoms with Crippen LogP contribution in [0.4, 0.5) is 5.69 Å². The van der Waals surface area contributed by atoms with Crippen molar-refractivity contribution in [3.05, 3.63) is 96.1 Å². The number of nitrogens with one attached hydrogen (secondary N) is 1. The van der Waals surface area contributed by atoms with Crippen molar-refractivity contribution in [3.8, 4) is 11.5 Å². The minimum atomic E-state index is -0.147. The molecule has 1 saturated heterocycles. The van der Waals surface area contributed by atoms with E-state index in [4.69, 9.17) is 9.47 Å². The van der Waals surface area contributed by atoms with Crippen LogP contribution < -0.4 is 19.8 Å². The van der Waals surface area contributed by atoms with E-state index in [1.165, 1.54) is 5.69 Å². The highest BCUT2D eigenvalue weighted by Gasteiger charge is 2.17. The molecule has 0 bridgehead atoms. The van der Waals surface area contributed by atoms with Gasteiger partial charge in [0, 0.05) is 37.9 Å². The summed E-state index contributed by atoms with van der Waals surface area (Å²) in [6.07, 6.45) is 3.32. The fraction of sp³-hybridized carbons (Fsp3) is 0.222. The number of carbonyl (C=O) groups excluding carboxylic acids is 1. The number of amides is 1. The van der Waals surface area contributed by atoms with E-state index in [9.17, 15) is 4.79 Å². The van der Waals surface area contributed by atoms with E-state index in [-0.39, 0.29) is 5.91 Å². The average Bonchev–Trinajstić information content (AvgIpc) is 2.88. The molecule has 170 valence electrons. The number of ether oxygens (including phenoxy) is 2. The third-order valence-corrected chi connectivity index (χ3v) is 5.52. The van der Waals surface area contributed by atoms with E-state index in [2.05, 4.69) is 22.5 Å². The molecular weight excluding hydrogens is 414 g/mol. The number of methoxy groups -OCH3 is 1. The number of rotatable bonds is 8. The maximum atomic E-state index is 12.4. The summed E-state index contributed by atoms with van der Waals surface area (Å²) in [6, 6.07) is 26.0. The quantitative estimate of drug-likeness (QED) is 0.531. The first-order valence-electron chi connectivity index (χ1n) is 11.1. The minimum Gasteiger partial charge on any atom is -0.493 e. The zero-order valence-electron chi connectivity index (χ0n) is 18.8. The smallest absolute Gasteiger partial charge is 0.258 e. The van der Waals surface area contributed by atoms with Crippen molar-refractivity contribution in [3.63, 3.8) is 0 Å². The Kier molecular flexibility index (Phi) is 7.61. The molecule has 1 heterocycles. The van der Waals surface area contributed by atoms with Gasteiger partial charge in [-0.2, -0.15) is 0 Å². The maximum absolute atomic E-state index is 12.4. The molecule has 0 unspecified atom stereocenters. The Hall–Kier alpha value is -3.77. The van der Waals surface area contributed by atoms with Crippen molar-refractivity contribution in [2.45, 2.75) is 6.61 Å². The monoisotopic (exact) mass is 443 g/mol. The van der Waals surface area contributed by atoms with E-state index in [1.54, 1.807) is 19.3 Å². The van der Waals surface area contributed by atoms with Crippen molar-refractivity contribution in [1.82, 2.24) is 10.4 Å². The molecule has 0 aliphatic carbocycles. The van der Waals surface area contributed by atoms with Crippen molar-refractivity contribution in [2.75, 3.05) is 38.2 Å². The summed E-state index contributed by atoms with van der Waals surface area (Å²) in [5, 5.41) is 1.97. The fourth-order valence-corrected chi connectivity index (χ4v) is 3.72. The van der Waals surface area contributed by atoms with Gasteiger partial charge >= 0.3 is 0 Å².